The predicted molar refractivity (Wildman–Crippen MR) is 63.7 cm³/mol. The Morgan fingerprint density at radius 2 is 1.62 bits per heavy atom. The first-order valence-corrected chi connectivity index (χ1v) is 7.81. The van der Waals surface area contributed by atoms with E-state index in [-0.39, 0.29) is 11.5 Å². The molecular formula is C9H21O2PS. The summed E-state index contributed by atoms with van der Waals surface area (Å²) in [5, 5.41) is 1.37. The largest absolute Gasteiger partial charge is 0.229 e. The van der Waals surface area contributed by atoms with E-state index in [2.05, 4.69) is 20.2 Å². The molecule has 0 radical (unpaired) electrons. The predicted octanol–water partition coefficient (Wildman–Crippen LogP) is 2.66. The lowest BCUT2D eigenvalue weighted by molar-refractivity contribution is 0.598. The lowest BCUT2D eigenvalue weighted by Gasteiger charge is -1.89. The number of allylic oxidation sites excluding steroid dienone is 1. The molecule has 80 valence electrons. The lowest BCUT2D eigenvalue weighted by atomic mass is 10.5. The molecule has 0 saturated heterocycles. The van der Waals surface area contributed by atoms with Gasteiger partial charge in [0.25, 0.3) is 0 Å². The maximum absolute atomic E-state index is 10.4. The first-order valence-electron chi connectivity index (χ1n) is 4.49. The highest BCUT2D eigenvalue weighted by atomic mass is 32.2. The van der Waals surface area contributed by atoms with E-state index in [9.17, 15) is 8.42 Å². The Labute approximate surface area is 84.5 Å². The molecule has 0 amide bonds. The molecule has 13 heavy (non-hydrogen) atoms. The van der Waals surface area contributed by atoms with Gasteiger partial charge in [0.1, 0.15) is 9.84 Å². The molecule has 0 aliphatic rings. The van der Waals surface area contributed by atoms with E-state index < -0.39 is 9.84 Å². The Bertz CT molecular complexity index is 204. The summed E-state index contributed by atoms with van der Waals surface area (Å²) in [7, 11) is -1.72. The molecule has 0 spiro atoms. The van der Waals surface area contributed by atoms with Gasteiger partial charge in [-0.05, 0) is 13.1 Å². The van der Waals surface area contributed by atoms with Gasteiger partial charge in [0, 0.05) is 11.5 Å². The molecular weight excluding hydrogens is 203 g/mol. The molecule has 0 aromatic heterocycles. The van der Waals surface area contributed by atoms with Crippen molar-refractivity contribution in [2.24, 2.45) is 0 Å². The van der Waals surface area contributed by atoms with Crippen LogP contribution in [0.4, 0.5) is 0 Å². The van der Waals surface area contributed by atoms with E-state index in [1.165, 1.54) is 5.31 Å². The van der Waals surface area contributed by atoms with Crippen LogP contribution in [0.25, 0.3) is 0 Å². The number of hydrogen-bond donors (Lipinski definition) is 0. The highest BCUT2D eigenvalue weighted by Crippen LogP contribution is 2.18. The summed E-state index contributed by atoms with van der Waals surface area (Å²) in [5.74, 6) is 0.535. The summed E-state index contributed by atoms with van der Waals surface area (Å²) >= 11 is 0. The van der Waals surface area contributed by atoms with Gasteiger partial charge in [0.05, 0.1) is 0 Å². The Balaban J connectivity index is 0. The molecule has 2 nitrogen and oxygen atoms in total. The molecule has 0 aliphatic carbocycles. The SMILES string of the molecule is C=C(CC)PC.CCS(=O)(=O)CC. The van der Waals surface area contributed by atoms with Crippen LogP contribution in [0.2, 0.25) is 0 Å². The van der Waals surface area contributed by atoms with Gasteiger partial charge in [-0.3, -0.25) is 0 Å². The molecule has 0 aromatic rings. The molecule has 0 aliphatic heterocycles. The van der Waals surface area contributed by atoms with Gasteiger partial charge in [0.15, 0.2) is 0 Å². The van der Waals surface area contributed by atoms with Gasteiger partial charge in [-0.15, -0.1) is 0 Å². The van der Waals surface area contributed by atoms with Crippen LogP contribution in [0.3, 0.4) is 0 Å². The monoisotopic (exact) mass is 224 g/mol. The van der Waals surface area contributed by atoms with E-state index >= 15 is 0 Å². The minimum Gasteiger partial charge on any atom is -0.229 e. The molecule has 0 saturated carbocycles. The van der Waals surface area contributed by atoms with Gasteiger partial charge < -0.3 is 0 Å². The molecule has 1 unspecified atom stereocenters. The zero-order chi connectivity index (χ0) is 10.9. The van der Waals surface area contributed by atoms with Gasteiger partial charge in [-0.1, -0.05) is 41.2 Å². The Morgan fingerprint density at radius 1 is 1.23 bits per heavy atom. The maximum atomic E-state index is 10.4. The molecule has 4 heteroatoms. The standard InChI is InChI=1S/C5H11P.C4H10O2S/c1-4-5(2)6-3;1-3-7(5,6)4-2/h6H,2,4H2,1,3H3;3-4H2,1-2H3. The van der Waals surface area contributed by atoms with E-state index in [0.29, 0.717) is 0 Å². The average molecular weight is 224 g/mol. The zero-order valence-corrected chi connectivity index (χ0v) is 10.9. The normalized spacial score (nSPS) is 11.1. The smallest absolute Gasteiger partial charge is 0.149 e. The van der Waals surface area contributed by atoms with Gasteiger partial charge >= 0.3 is 0 Å². The molecule has 0 aromatic carbocycles. The van der Waals surface area contributed by atoms with Crippen molar-refractivity contribution in [2.75, 3.05) is 18.2 Å². The van der Waals surface area contributed by atoms with Crippen LogP contribution < -0.4 is 0 Å². The minimum atomic E-state index is -2.66. The highest BCUT2D eigenvalue weighted by molar-refractivity contribution is 7.91. The molecule has 0 bridgehead atoms. The fourth-order valence-electron chi connectivity index (χ4n) is 0.381. The molecule has 0 rings (SSSR count). The topological polar surface area (TPSA) is 34.1 Å². The second-order valence-corrected chi connectivity index (χ2v) is 6.38. The molecule has 0 fully saturated rings. The van der Waals surface area contributed by atoms with Crippen molar-refractivity contribution in [1.29, 1.82) is 0 Å². The second-order valence-electron chi connectivity index (χ2n) is 2.53. The van der Waals surface area contributed by atoms with E-state index in [1.807, 2.05) is 0 Å². The van der Waals surface area contributed by atoms with Crippen LogP contribution in [0.1, 0.15) is 27.2 Å². The lowest BCUT2D eigenvalue weighted by Crippen LogP contribution is -2.04. The summed E-state index contributed by atoms with van der Waals surface area (Å²) in [5.41, 5.74) is 0. The fourth-order valence-corrected chi connectivity index (χ4v) is 1.14. The van der Waals surface area contributed by atoms with Crippen molar-refractivity contribution < 1.29 is 8.42 Å². The third-order valence-corrected chi connectivity index (χ3v) is 4.48. The van der Waals surface area contributed by atoms with E-state index in [4.69, 9.17) is 0 Å². The summed E-state index contributed by atoms with van der Waals surface area (Å²) < 4.78 is 20.7. The second kappa shape index (κ2) is 8.71. The van der Waals surface area contributed by atoms with Crippen molar-refractivity contribution in [3.63, 3.8) is 0 Å². The average Bonchev–Trinajstić information content (AvgIpc) is 2.17. The van der Waals surface area contributed by atoms with Crippen LogP contribution in [-0.4, -0.2) is 26.6 Å². The third kappa shape index (κ3) is 12.1. The first kappa shape index (κ1) is 15.6. The van der Waals surface area contributed by atoms with Gasteiger partial charge in [0.2, 0.25) is 0 Å². The van der Waals surface area contributed by atoms with Crippen molar-refractivity contribution in [3.8, 4) is 0 Å². The summed E-state index contributed by atoms with van der Waals surface area (Å²) in [4.78, 5) is 0. The molecule has 0 heterocycles. The van der Waals surface area contributed by atoms with Gasteiger partial charge in [-0.2, -0.15) is 0 Å². The minimum absolute atomic E-state index is 0.267. The zero-order valence-electron chi connectivity index (χ0n) is 9.05. The number of rotatable bonds is 4. The quantitative estimate of drug-likeness (QED) is 0.688. The number of sulfone groups is 1. The van der Waals surface area contributed by atoms with Crippen LogP contribution in [0.5, 0.6) is 0 Å². The van der Waals surface area contributed by atoms with Gasteiger partial charge in [-0.25, -0.2) is 8.42 Å². The Morgan fingerprint density at radius 3 is 1.62 bits per heavy atom. The van der Waals surface area contributed by atoms with E-state index in [0.717, 1.165) is 15.0 Å². The summed E-state index contributed by atoms with van der Waals surface area (Å²) in [6.07, 6.45) is 1.15. The highest BCUT2D eigenvalue weighted by Gasteiger charge is 1.99. The van der Waals surface area contributed by atoms with Crippen LogP contribution in [-0.2, 0) is 9.84 Å². The van der Waals surface area contributed by atoms with Crippen molar-refractivity contribution in [3.05, 3.63) is 11.9 Å². The molecule has 0 N–H and O–H groups in total. The van der Waals surface area contributed by atoms with Crippen LogP contribution in [0.15, 0.2) is 11.9 Å². The van der Waals surface area contributed by atoms with Crippen LogP contribution >= 0.6 is 8.58 Å². The number of hydrogen-bond acceptors (Lipinski definition) is 2. The van der Waals surface area contributed by atoms with Crippen molar-refractivity contribution in [1.82, 2.24) is 0 Å². The summed E-state index contributed by atoms with van der Waals surface area (Å²) in [6, 6.07) is 0. The maximum Gasteiger partial charge on any atom is 0.149 e. The third-order valence-electron chi connectivity index (χ3n) is 1.66. The van der Waals surface area contributed by atoms with Crippen molar-refractivity contribution in [2.45, 2.75) is 27.2 Å². The van der Waals surface area contributed by atoms with Crippen molar-refractivity contribution >= 4 is 18.4 Å². The first-order chi connectivity index (χ1) is 5.93. The van der Waals surface area contributed by atoms with E-state index in [1.54, 1.807) is 13.8 Å². The Kier molecular flexibility index (Phi) is 10.4. The summed E-state index contributed by atoms with van der Waals surface area (Å²) in [6.45, 7) is 11.4. The fraction of sp³-hybridized carbons (Fsp3) is 0.778. The Hall–Kier alpha value is 0.120. The van der Waals surface area contributed by atoms with Crippen LogP contribution in [0, 0.1) is 0 Å². The molecule has 1 atom stereocenters.